The summed E-state index contributed by atoms with van der Waals surface area (Å²) in [5, 5.41) is 8.41. The Labute approximate surface area is 115 Å². The lowest BCUT2D eigenvalue weighted by molar-refractivity contribution is -0.151. The van der Waals surface area contributed by atoms with Crippen molar-refractivity contribution in [2.75, 3.05) is 6.61 Å². The van der Waals surface area contributed by atoms with Gasteiger partial charge < -0.3 is 9.30 Å². The smallest absolute Gasteiger partial charge is 0.319 e. The van der Waals surface area contributed by atoms with E-state index < -0.39 is 5.41 Å². The predicted octanol–water partition coefficient (Wildman–Crippen LogP) is 2.79. The lowest BCUT2D eigenvalue weighted by atomic mass is 9.81. The first-order chi connectivity index (χ1) is 8.94. The molecule has 0 saturated heterocycles. The van der Waals surface area contributed by atoms with Gasteiger partial charge in [-0.2, -0.15) is 0 Å². The van der Waals surface area contributed by atoms with Crippen molar-refractivity contribution in [3.05, 3.63) is 11.6 Å². The number of esters is 1. The Bertz CT molecular complexity index is 434. The van der Waals surface area contributed by atoms with Crippen LogP contribution in [0.3, 0.4) is 0 Å². The average molecular weight is 267 g/mol. The highest BCUT2D eigenvalue weighted by Gasteiger charge is 2.43. The topological polar surface area (TPSA) is 57.0 Å². The molecule has 0 unspecified atom stereocenters. The number of carbonyl (C=O) groups excluding carboxylic acids is 1. The fourth-order valence-corrected chi connectivity index (χ4v) is 2.53. The van der Waals surface area contributed by atoms with E-state index in [4.69, 9.17) is 4.74 Å². The molecule has 0 fully saturated rings. The third kappa shape index (κ3) is 2.65. The van der Waals surface area contributed by atoms with Gasteiger partial charge in [-0.1, -0.05) is 13.8 Å². The van der Waals surface area contributed by atoms with Crippen LogP contribution in [0.2, 0.25) is 0 Å². The van der Waals surface area contributed by atoms with Gasteiger partial charge in [-0.3, -0.25) is 4.79 Å². The van der Waals surface area contributed by atoms with Crippen LogP contribution in [0.1, 0.15) is 65.2 Å². The molecule has 19 heavy (non-hydrogen) atoms. The van der Waals surface area contributed by atoms with Crippen LogP contribution in [-0.4, -0.2) is 27.3 Å². The molecule has 0 spiro atoms. The van der Waals surface area contributed by atoms with Crippen molar-refractivity contribution in [2.24, 2.45) is 0 Å². The number of aromatic nitrogens is 3. The van der Waals surface area contributed by atoms with E-state index in [2.05, 4.69) is 24.0 Å². The minimum atomic E-state index is -0.693. The summed E-state index contributed by atoms with van der Waals surface area (Å²) in [5.74, 6) is 1.36. The molecule has 1 rings (SSSR count). The van der Waals surface area contributed by atoms with E-state index in [1.807, 2.05) is 32.3 Å². The number of nitrogens with zero attached hydrogens (tertiary/aromatic N) is 3. The second-order valence-electron chi connectivity index (χ2n) is 5.04. The normalized spacial score (nSPS) is 11.9. The molecule has 0 amide bonds. The Balaban J connectivity index is 3.38. The minimum Gasteiger partial charge on any atom is -0.465 e. The molecule has 0 N–H and O–H groups in total. The van der Waals surface area contributed by atoms with Gasteiger partial charge in [-0.05, 0) is 40.5 Å². The van der Waals surface area contributed by atoms with Gasteiger partial charge in [0.15, 0.2) is 5.82 Å². The van der Waals surface area contributed by atoms with E-state index in [0.29, 0.717) is 19.4 Å². The molecule has 1 aromatic heterocycles. The largest absolute Gasteiger partial charge is 0.465 e. The molecule has 5 heteroatoms. The number of rotatable bonds is 6. The van der Waals surface area contributed by atoms with Crippen LogP contribution in [0.4, 0.5) is 0 Å². The van der Waals surface area contributed by atoms with E-state index in [1.54, 1.807) is 0 Å². The van der Waals surface area contributed by atoms with Crippen LogP contribution in [0.25, 0.3) is 0 Å². The molecule has 0 bridgehead atoms. The van der Waals surface area contributed by atoms with Crippen molar-refractivity contribution in [1.82, 2.24) is 14.8 Å². The van der Waals surface area contributed by atoms with Gasteiger partial charge in [-0.25, -0.2) is 0 Å². The summed E-state index contributed by atoms with van der Waals surface area (Å²) in [4.78, 5) is 12.4. The van der Waals surface area contributed by atoms with Crippen molar-refractivity contribution in [2.45, 2.75) is 65.8 Å². The molecule has 0 atom stereocenters. The lowest BCUT2D eigenvalue weighted by Crippen LogP contribution is -2.39. The van der Waals surface area contributed by atoms with Gasteiger partial charge in [0, 0.05) is 6.04 Å². The van der Waals surface area contributed by atoms with Gasteiger partial charge in [0.1, 0.15) is 11.2 Å². The summed E-state index contributed by atoms with van der Waals surface area (Å²) in [5.41, 5.74) is -0.693. The zero-order chi connectivity index (χ0) is 14.6. The Hall–Kier alpha value is -1.39. The van der Waals surface area contributed by atoms with Crippen LogP contribution in [0.15, 0.2) is 0 Å². The molecule has 0 radical (unpaired) electrons. The second-order valence-corrected chi connectivity index (χ2v) is 5.04. The minimum absolute atomic E-state index is 0.200. The van der Waals surface area contributed by atoms with Gasteiger partial charge in [-0.15, -0.1) is 10.2 Å². The number of carbonyl (C=O) groups is 1. The average Bonchev–Trinajstić information content (AvgIpc) is 2.74. The molecule has 0 aliphatic heterocycles. The van der Waals surface area contributed by atoms with Crippen molar-refractivity contribution in [3.63, 3.8) is 0 Å². The second kappa shape index (κ2) is 6.17. The number of aryl methyl sites for hydroxylation is 1. The van der Waals surface area contributed by atoms with Crippen LogP contribution in [0, 0.1) is 6.92 Å². The first-order valence-electron chi connectivity index (χ1n) is 7.03. The van der Waals surface area contributed by atoms with E-state index in [0.717, 1.165) is 11.6 Å². The van der Waals surface area contributed by atoms with Crippen molar-refractivity contribution in [1.29, 1.82) is 0 Å². The van der Waals surface area contributed by atoms with Gasteiger partial charge >= 0.3 is 5.97 Å². The van der Waals surface area contributed by atoms with Crippen LogP contribution >= 0.6 is 0 Å². The maximum absolute atomic E-state index is 12.4. The standard InChI is InChI=1S/C14H25N3O2/c1-7-14(8-2,13(18)19-9-3)12-16-15-11(6)17(12)10(4)5/h10H,7-9H2,1-6H3. The Morgan fingerprint density at radius 2 is 1.84 bits per heavy atom. The Kier molecular flexibility index (Phi) is 5.09. The third-order valence-corrected chi connectivity index (χ3v) is 3.68. The van der Waals surface area contributed by atoms with E-state index >= 15 is 0 Å². The molecule has 1 heterocycles. The predicted molar refractivity (Wildman–Crippen MR) is 74.0 cm³/mol. The third-order valence-electron chi connectivity index (χ3n) is 3.68. The molecular weight excluding hydrogens is 242 g/mol. The highest BCUT2D eigenvalue weighted by molar-refractivity contribution is 5.82. The summed E-state index contributed by atoms with van der Waals surface area (Å²) in [7, 11) is 0. The fourth-order valence-electron chi connectivity index (χ4n) is 2.53. The lowest BCUT2D eigenvalue weighted by Gasteiger charge is -2.29. The Morgan fingerprint density at radius 3 is 2.26 bits per heavy atom. The van der Waals surface area contributed by atoms with Crippen molar-refractivity contribution in [3.8, 4) is 0 Å². The molecule has 1 aromatic rings. The first kappa shape index (κ1) is 15.7. The van der Waals surface area contributed by atoms with Gasteiger partial charge in [0.25, 0.3) is 0 Å². The number of hydrogen-bond acceptors (Lipinski definition) is 4. The monoisotopic (exact) mass is 267 g/mol. The maximum atomic E-state index is 12.4. The highest BCUT2D eigenvalue weighted by atomic mass is 16.5. The molecule has 0 aliphatic rings. The highest BCUT2D eigenvalue weighted by Crippen LogP contribution is 2.33. The molecule has 5 nitrogen and oxygen atoms in total. The van der Waals surface area contributed by atoms with Crippen LogP contribution < -0.4 is 0 Å². The van der Waals surface area contributed by atoms with Gasteiger partial charge in [0.05, 0.1) is 6.61 Å². The summed E-state index contributed by atoms with van der Waals surface area (Å²) in [6, 6.07) is 0.219. The zero-order valence-corrected chi connectivity index (χ0v) is 12.9. The SMILES string of the molecule is CCOC(=O)C(CC)(CC)c1nnc(C)n1C(C)C. The van der Waals surface area contributed by atoms with E-state index in [9.17, 15) is 4.79 Å². The molecule has 0 saturated carbocycles. The number of ether oxygens (including phenoxy) is 1. The zero-order valence-electron chi connectivity index (χ0n) is 12.9. The molecule has 0 aliphatic carbocycles. The van der Waals surface area contributed by atoms with Crippen LogP contribution in [0.5, 0.6) is 0 Å². The van der Waals surface area contributed by atoms with E-state index in [1.165, 1.54) is 0 Å². The van der Waals surface area contributed by atoms with Crippen molar-refractivity contribution < 1.29 is 9.53 Å². The Morgan fingerprint density at radius 1 is 1.26 bits per heavy atom. The summed E-state index contributed by atoms with van der Waals surface area (Å²) < 4.78 is 7.30. The molecule has 108 valence electrons. The summed E-state index contributed by atoms with van der Waals surface area (Å²) in [6.07, 6.45) is 1.32. The van der Waals surface area contributed by atoms with E-state index in [-0.39, 0.29) is 12.0 Å². The quantitative estimate of drug-likeness (QED) is 0.744. The maximum Gasteiger partial charge on any atom is 0.319 e. The number of hydrogen-bond donors (Lipinski definition) is 0. The van der Waals surface area contributed by atoms with Gasteiger partial charge in [0.2, 0.25) is 0 Å². The molecule has 0 aromatic carbocycles. The van der Waals surface area contributed by atoms with Crippen molar-refractivity contribution >= 4 is 5.97 Å². The fraction of sp³-hybridized carbons (Fsp3) is 0.786. The first-order valence-corrected chi connectivity index (χ1v) is 7.03. The summed E-state index contributed by atoms with van der Waals surface area (Å²) >= 11 is 0. The van der Waals surface area contributed by atoms with Crippen LogP contribution in [-0.2, 0) is 14.9 Å². The molecular formula is C14H25N3O2. The summed E-state index contributed by atoms with van der Waals surface area (Å²) in [6.45, 7) is 12.3.